The molecule has 1 aromatic heterocycles. The van der Waals surface area contributed by atoms with Crippen molar-refractivity contribution in [2.45, 2.75) is 45.7 Å². The minimum Gasteiger partial charge on any atom is -0.351 e. The number of nitrogens with one attached hydrogen (secondary N) is 1. The lowest BCUT2D eigenvalue weighted by Crippen LogP contribution is -2.40. The molecule has 1 amide bonds. The normalized spacial score (nSPS) is 13.1. The van der Waals surface area contributed by atoms with Crippen molar-refractivity contribution >= 4 is 29.1 Å². The summed E-state index contributed by atoms with van der Waals surface area (Å²) >= 11 is 12.1. The first-order chi connectivity index (χ1) is 13.8. The van der Waals surface area contributed by atoms with Gasteiger partial charge in [0.2, 0.25) is 5.91 Å². The average molecular weight is 431 g/mol. The zero-order valence-electron chi connectivity index (χ0n) is 16.7. The zero-order valence-corrected chi connectivity index (χ0v) is 18.2. The molecule has 0 radical (unpaired) electrons. The van der Waals surface area contributed by atoms with E-state index in [1.807, 2.05) is 69.3 Å². The molecule has 3 rings (SSSR count). The van der Waals surface area contributed by atoms with Crippen molar-refractivity contribution < 1.29 is 4.79 Å². The molecule has 2 aromatic carbocycles. The van der Waals surface area contributed by atoms with E-state index in [4.69, 9.17) is 23.2 Å². The second kappa shape index (κ2) is 9.42. The highest BCUT2D eigenvalue weighted by Crippen LogP contribution is 2.26. The van der Waals surface area contributed by atoms with Crippen LogP contribution in [0, 0.1) is 13.8 Å². The Morgan fingerprint density at radius 3 is 2.17 bits per heavy atom. The van der Waals surface area contributed by atoms with Gasteiger partial charge in [0.05, 0.1) is 0 Å². The molecule has 7 heteroatoms. The summed E-state index contributed by atoms with van der Waals surface area (Å²) in [5.74, 6) is 1.36. The Morgan fingerprint density at radius 1 is 1.03 bits per heavy atom. The Balaban J connectivity index is 1.76. The van der Waals surface area contributed by atoms with Gasteiger partial charge in [0, 0.05) is 22.0 Å². The molecule has 5 nitrogen and oxygen atoms in total. The third-order valence-electron chi connectivity index (χ3n) is 4.92. The van der Waals surface area contributed by atoms with Crippen molar-refractivity contribution in [1.82, 2.24) is 20.1 Å². The van der Waals surface area contributed by atoms with Crippen LogP contribution >= 0.6 is 23.2 Å². The van der Waals surface area contributed by atoms with Crippen LogP contribution in [0.5, 0.6) is 0 Å². The number of carbonyl (C=O) groups excluding carboxylic acids is 1. The molecule has 0 bridgehead atoms. The molecular weight excluding hydrogens is 407 g/mol. The monoisotopic (exact) mass is 430 g/mol. The molecule has 0 aliphatic heterocycles. The molecule has 2 atom stereocenters. The van der Waals surface area contributed by atoms with Gasteiger partial charge in [-0.25, -0.2) is 9.67 Å². The fourth-order valence-corrected chi connectivity index (χ4v) is 3.67. The number of amides is 1. The number of benzene rings is 2. The molecule has 1 N–H and O–H groups in total. The van der Waals surface area contributed by atoms with Gasteiger partial charge >= 0.3 is 0 Å². The Kier molecular flexibility index (Phi) is 6.93. The fourth-order valence-electron chi connectivity index (χ4n) is 3.41. The summed E-state index contributed by atoms with van der Waals surface area (Å²) in [5, 5.41) is 8.78. The molecule has 3 aromatic rings. The standard InChI is InChI=1S/C22H24Cl2N4O/c1-14(25-22(29)13-28-16(3)26-15(2)27-28)21(18-6-10-20(24)11-7-18)12-17-4-8-19(23)9-5-17/h4-11,14,21H,12-13H2,1-3H3,(H,25,29)/t14-,21+/m1/s1. The van der Waals surface area contributed by atoms with Crippen LogP contribution in [0.3, 0.4) is 0 Å². The molecule has 152 valence electrons. The van der Waals surface area contributed by atoms with Crippen LogP contribution in [-0.2, 0) is 17.8 Å². The third-order valence-corrected chi connectivity index (χ3v) is 5.42. The molecule has 0 aliphatic carbocycles. The van der Waals surface area contributed by atoms with Gasteiger partial charge in [0.25, 0.3) is 0 Å². The van der Waals surface area contributed by atoms with E-state index >= 15 is 0 Å². The van der Waals surface area contributed by atoms with Crippen molar-refractivity contribution in [1.29, 1.82) is 0 Å². The van der Waals surface area contributed by atoms with Crippen LogP contribution in [0.25, 0.3) is 0 Å². The van der Waals surface area contributed by atoms with E-state index in [2.05, 4.69) is 15.4 Å². The highest BCUT2D eigenvalue weighted by atomic mass is 35.5. The first kappa shape index (κ1) is 21.3. The quantitative estimate of drug-likeness (QED) is 0.588. The first-order valence-corrected chi connectivity index (χ1v) is 10.2. The van der Waals surface area contributed by atoms with E-state index in [1.54, 1.807) is 4.68 Å². The molecule has 1 heterocycles. The average Bonchev–Trinajstić information content (AvgIpc) is 2.98. The summed E-state index contributed by atoms with van der Waals surface area (Å²) in [6.07, 6.45) is 0.766. The van der Waals surface area contributed by atoms with Crippen molar-refractivity contribution in [2.24, 2.45) is 0 Å². The van der Waals surface area contributed by atoms with Gasteiger partial charge in [0.1, 0.15) is 18.2 Å². The second-order valence-electron chi connectivity index (χ2n) is 7.21. The maximum atomic E-state index is 12.6. The van der Waals surface area contributed by atoms with Crippen molar-refractivity contribution in [3.63, 3.8) is 0 Å². The fraction of sp³-hybridized carbons (Fsp3) is 0.318. The molecule has 0 saturated heterocycles. The van der Waals surface area contributed by atoms with Gasteiger partial charge in [-0.3, -0.25) is 4.79 Å². The lowest BCUT2D eigenvalue weighted by molar-refractivity contribution is -0.122. The number of hydrogen-bond acceptors (Lipinski definition) is 3. The predicted molar refractivity (Wildman–Crippen MR) is 116 cm³/mol. The van der Waals surface area contributed by atoms with Gasteiger partial charge in [-0.15, -0.1) is 0 Å². The van der Waals surface area contributed by atoms with Crippen LogP contribution in [-0.4, -0.2) is 26.7 Å². The molecule has 0 saturated carbocycles. The van der Waals surface area contributed by atoms with Crippen LogP contribution in [0.4, 0.5) is 0 Å². The van der Waals surface area contributed by atoms with Gasteiger partial charge in [-0.05, 0) is 62.6 Å². The maximum absolute atomic E-state index is 12.6. The largest absolute Gasteiger partial charge is 0.351 e. The highest BCUT2D eigenvalue weighted by molar-refractivity contribution is 6.30. The number of halogens is 2. The Bertz CT molecular complexity index is 967. The molecular formula is C22H24Cl2N4O. The van der Waals surface area contributed by atoms with Gasteiger partial charge < -0.3 is 5.32 Å². The topological polar surface area (TPSA) is 59.8 Å². The zero-order chi connectivity index (χ0) is 21.0. The lowest BCUT2D eigenvalue weighted by Gasteiger charge is -2.26. The van der Waals surface area contributed by atoms with Crippen LogP contribution < -0.4 is 5.32 Å². The molecule has 0 spiro atoms. The van der Waals surface area contributed by atoms with E-state index in [0.29, 0.717) is 15.9 Å². The van der Waals surface area contributed by atoms with E-state index in [0.717, 1.165) is 23.4 Å². The summed E-state index contributed by atoms with van der Waals surface area (Å²) in [6.45, 7) is 5.82. The highest BCUT2D eigenvalue weighted by Gasteiger charge is 2.22. The summed E-state index contributed by atoms with van der Waals surface area (Å²) in [5.41, 5.74) is 2.27. The third kappa shape index (κ3) is 5.81. The van der Waals surface area contributed by atoms with E-state index in [-0.39, 0.29) is 24.4 Å². The van der Waals surface area contributed by atoms with Gasteiger partial charge in [-0.2, -0.15) is 5.10 Å². The Hall–Kier alpha value is -2.37. The Labute approximate surface area is 181 Å². The van der Waals surface area contributed by atoms with E-state index < -0.39 is 0 Å². The smallest absolute Gasteiger partial charge is 0.242 e. The minimum absolute atomic E-state index is 0.0796. The van der Waals surface area contributed by atoms with Gasteiger partial charge in [0.15, 0.2) is 0 Å². The summed E-state index contributed by atoms with van der Waals surface area (Å²) in [4.78, 5) is 16.9. The van der Waals surface area contributed by atoms with Crippen LogP contribution in [0.15, 0.2) is 48.5 Å². The number of nitrogens with zero attached hydrogens (tertiary/aromatic N) is 3. The Morgan fingerprint density at radius 2 is 1.62 bits per heavy atom. The molecule has 0 aliphatic rings. The van der Waals surface area contributed by atoms with Crippen LogP contribution in [0.1, 0.15) is 35.6 Å². The van der Waals surface area contributed by atoms with E-state index in [1.165, 1.54) is 0 Å². The predicted octanol–water partition coefficient (Wildman–Crippen LogP) is 4.73. The number of aromatic nitrogens is 3. The summed E-state index contributed by atoms with van der Waals surface area (Å²) in [7, 11) is 0. The van der Waals surface area contributed by atoms with Crippen molar-refractivity contribution in [3.05, 3.63) is 81.4 Å². The number of rotatable bonds is 7. The van der Waals surface area contributed by atoms with E-state index in [9.17, 15) is 4.79 Å². The number of hydrogen-bond donors (Lipinski definition) is 1. The molecule has 29 heavy (non-hydrogen) atoms. The van der Waals surface area contributed by atoms with Gasteiger partial charge in [-0.1, -0.05) is 47.5 Å². The van der Waals surface area contributed by atoms with Crippen LogP contribution in [0.2, 0.25) is 10.0 Å². The summed E-state index contributed by atoms with van der Waals surface area (Å²) in [6, 6.07) is 15.5. The summed E-state index contributed by atoms with van der Waals surface area (Å²) < 4.78 is 1.62. The number of aryl methyl sites for hydroxylation is 2. The second-order valence-corrected chi connectivity index (χ2v) is 8.08. The first-order valence-electron chi connectivity index (χ1n) is 9.49. The van der Waals surface area contributed by atoms with Crippen molar-refractivity contribution in [2.75, 3.05) is 0 Å². The lowest BCUT2D eigenvalue weighted by atomic mass is 9.86. The minimum atomic E-state index is -0.0967. The molecule has 0 fully saturated rings. The molecule has 0 unspecified atom stereocenters. The number of carbonyl (C=O) groups is 1. The van der Waals surface area contributed by atoms with Crippen molar-refractivity contribution in [3.8, 4) is 0 Å². The maximum Gasteiger partial charge on any atom is 0.242 e. The SMILES string of the molecule is Cc1nc(C)n(CC(=O)N[C@H](C)[C@H](Cc2ccc(Cl)cc2)c2ccc(Cl)cc2)n1.